The molecule has 2 rings (SSSR count). The third-order valence-corrected chi connectivity index (χ3v) is 1.73. The van der Waals surface area contributed by atoms with Crippen LogP contribution in [0.2, 0.25) is 0 Å². The Balaban J connectivity index is 2.69. The number of para-hydroxylation sites is 1. The van der Waals surface area contributed by atoms with Crippen molar-refractivity contribution >= 4 is 10.9 Å². The van der Waals surface area contributed by atoms with Crippen LogP contribution in [0.25, 0.3) is 10.9 Å². The van der Waals surface area contributed by atoms with E-state index in [-0.39, 0.29) is 0 Å². The highest BCUT2D eigenvalue weighted by Crippen LogP contribution is 2.13. The number of aromatic amines is 1. The number of aromatic nitrogens is 2. The highest BCUT2D eigenvalue weighted by Gasteiger charge is 1.98. The van der Waals surface area contributed by atoms with E-state index in [1.807, 2.05) is 18.2 Å². The first-order valence-corrected chi connectivity index (χ1v) is 3.74. The lowest BCUT2D eigenvalue weighted by molar-refractivity contribution is 1.12. The van der Waals surface area contributed by atoms with Crippen molar-refractivity contribution in [3.63, 3.8) is 0 Å². The fraction of sp³-hybridized carbons (Fsp3) is 0. The highest BCUT2D eigenvalue weighted by molar-refractivity contribution is 5.83. The van der Waals surface area contributed by atoms with Gasteiger partial charge in [0.05, 0.1) is 17.3 Å². The minimum Gasteiger partial charge on any atom is -0.277 e. The van der Waals surface area contributed by atoms with Gasteiger partial charge >= 0.3 is 0 Å². The molecule has 3 heteroatoms. The molecule has 0 spiro atoms. The second-order valence-electron chi connectivity index (χ2n) is 2.50. The molecule has 0 fully saturated rings. The third-order valence-electron chi connectivity index (χ3n) is 1.73. The van der Waals surface area contributed by atoms with Crippen molar-refractivity contribution in [1.82, 2.24) is 10.2 Å². The van der Waals surface area contributed by atoms with E-state index in [0.29, 0.717) is 0 Å². The molecular formula is C10H5N3. The molecular weight excluding hydrogens is 162 g/mol. The van der Waals surface area contributed by atoms with Crippen LogP contribution in [0.1, 0.15) is 5.56 Å². The summed E-state index contributed by atoms with van der Waals surface area (Å²) < 4.78 is 0. The van der Waals surface area contributed by atoms with Crippen molar-refractivity contribution in [3.8, 4) is 17.9 Å². The molecule has 1 N–H and O–H groups in total. The van der Waals surface area contributed by atoms with Crippen LogP contribution in [0, 0.1) is 23.2 Å². The Kier molecular flexibility index (Phi) is 1.71. The lowest BCUT2D eigenvalue weighted by Gasteiger charge is -1.90. The van der Waals surface area contributed by atoms with Gasteiger partial charge in [-0.25, -0.2) is 0 Å². The molecule has 60 valence electrons. The molecule has 0 aliphatic carbocycles. The molecule has 0 bridgehead atoms. The smallest absolute Gasteiger partial charge is 0.152 e. The van der Waals surface area contributed by atoms with Crippen LogP contribution in [0.3, 0.4) is 0 Å². The normalized spacial score (nSPS) is 8.85. The van der Waals surface area contributed by atoms with Gasteiger partial charge in [0, 0.05) is 11.3 Å². The van der Waals surface area contributed by atoms with Crippen LogP contribution in [-0.2, 0) is 0 Å². The van der Waals surface area contributed by atoms with Crippen LogP contribution in [0.5, 0.6) is 0 Å². The summed E-state index contributed by atoms with van der Waals surface area (Å²) in [6, 6.07) is 7.46. The van der Waals surface area contributed by atoms with E-state index in [9.17, 15) is 0 Å². The van der Waals surface area contributed by atoms with Gasteiger partial charge in [-0.3, -0.25) is 5.10 Å². The van der Waals surface area contributed by atoms with Crippen LogP contribution in [0.4, 0.5) is 0 Å². The average Bonchev–Trinajstić information content (AvgIpc) is 2.62. The Morgan fingerprint density at radius 1 is 1.38 bits per heavy atom. The summed E-state index contributed by atoms with van der Waals surface area (Å²) >= 11 is 0. The lowest BCUT2D eigenvalue weighted by atomic mass is 10.1. The van der Waals surface area contributed by atoms with E-state index in [0.717, 1.165) is 16.5 Å². The van der Waals surface area contributed by atoms with Crippen molar-refractivity contribution in [1.29, 1.82) is 5.26 Å². The minimum atomic E-state index is 0.802. The van der Waals surface area contributed by atoms with Gasteiger partial charge in [0.2, 0.25) is 0 Å². The topological polar surface area (TPSA) is 52.5 Å². The quantitative estimate of drug-likeness (QED) is 0.603. The Bertz CT molecular complexity index is 534. The molecule has 0 saturated carbocycles. The number of nitrogens with one attached hydrogen (secondary N) is 1. The fourth-order valence-corrected chi connectivity index (χ4v) is 1.17. The van der Waals surface area contributed by atoms with Crippen molar-refractivity contribution < 1.29 is 0 Å². The molecule has 0 aliphatic heterocycles. The number of hydrogen-bond donors (Lipinski definition) is 1. The zero-order valence-electron chi connectivity index (χ0n) is 6.70. The maximum atomic E-state index is 8.30. The number of nitrogens with zero attached hydrogens (tertiary/aromatic N) is 2. The summed E-state index contributed by atoms with van der Waals surface area (Å²) in [7, 11) is 0. The highest BCUT2D eigenvalue weighted by atomic mass is 15.1. The summed E-state index contributed by atoms with van der Waals surface area (Å²) in [5, 5.41) is 16.0. The van der Waals surface area contributed by atoms with Crippen molar-refractivity contribution in [3.05, 3.63) is 30.0 Å². The molecule has 1 aromatic heterocycles. The van der Waals surface area contributed by atoms with E-state index >= 15 is 0 Å². The standard InChI is InChI=1S/C10H5N3/c11-6-2-5-8-3-1-4-9-7-12-13-10(8)9/h1,3-4,7H,(H,12,13). The predicted octanol–water partition coefficient (Wildman–Crippen LogP) is 1.44. The number of hydrogen-bond acceptors (Lipinski definition) is 2. The van der Waals surface area contributed by atoms with Crippen molar-refractivity contribution in [2.75, 3.05) is 0 Å². The zero-order valence-corrected chi connectivity index (χ0v) is 6.70. The largest absolute Gasteiger partial charge is 0.277 e. The van der Waals surface area contributed by atoms with Gasteiger partial charge in [0.25, 0.3) is 0 Å². The number of rotatable bonds is 0. The first-order chi connectivity index (χ1) is 6.42. The molecule has 13 heavy (non-hydrogen) atoms. The van der Waals surface area contributed by atoms with Crippen molar-refractivity contribution in [2.45, 2.75) is 0 Å². The first kappa shape index (κ1) is 7.39. The second-order valence-corrected chi connectivity index (χ2v) is 2.50. The van der Waals surface area contributed by atoms with E-state index in [4.69, 9.17) is 5.26 Å². The summed E-state index contributed by atoms with van der Waals surface area (Å²) in [5.41, 5.74) is 1.68. The molecule has 0 amide bonds. The SMILES string of the molecule is N#CC#Cc1cccc2cn[nH]c12. The average molecular weight is 167 g/mol. The molecule has 0 radical (unpaired) electrons. The summed E-state index contributed by atoms with van der Waals surface area (Å²) in [5.74, 6) is 5.10. The number of H-pyrrole nitrogens is 1. The maximum absolute atomic E-state index is 8.30. The molecule has 1 heterocycles. The van der Waals surface area contributed by atoms with Crippen molar-refractivity contribution in [2.24, 2.45) is 0 Å². The van der Waals surface area contributed by atoms with Gasteiger partial charge < -0.3 is 0 Å². The Morgan fingerprint density at radius 3 is 3.15 bits per heavy atom. The molecule has 0 aliphatic rings. The monoisotopic (exact) mass is 167 g/mol. The van der Waals surface area contributed by atoms with Gasteiger partial charge in [-0.2, -0.15) is 10.4 Å². The Hall–Kier alpha value is -2.26. The van der Waals surface area contributed by atoms with Crippen LogP contribution in [-0.4, -0.2) is 10.2 Å². The number of nitriles is 1. The third kappa shape index (κ3) is 1.23. The summed E-state index contributed by atoms with van der Waals surface area (Å²) in [6.07, 6.45) is 1.73. The molecule has 0 unspecified atom stereocenters. The van der Waals surface area contributed by atoms with E-state index in [2.05, 4.69) is 22.0 Å². The number of benzene rings is 1. The van der Waals surface area contributed by atoms with Crippen LogP contribution in [0.15, 0.2) is 24.4 Å². The second kappa shape index (κ2) is 3.00. The van der Waals surface area contributed by atoms with Gasteiger partial charge in [-0.15, -0.1) is 0 Å². The summed E-state index contributed by atoms with van der Waals surface area (Å²) in [4.78, 5) is 0. The molecule has 0 saturated heterocycles. The van der Waals surface area contributed by atoms with E-state index in [1.54, 1.807) is 12.3 Å². The van der Waals surface area contributed by atoms with E-state index in [1.165, 1.54) is 0 Å². The fourth-order valence-electron chi connectivity index (χ4n) is 1.17. The molecule has 1 aromatic carbocycles. The van der Waals surface area contributed by atoms with E-state index < -0.39 is 0 Å². The van der Waals surface area contributed by atoms with Gasteiger partial charge in [0.1, 0.15) is 0 Å². The molecule has 3 nitrogen and oxygen atoms in total. The Labute approximate surface area is 75.0 Å². The first-order valence-electron chi connectivity index (χ1n) is 3.74. The summed E-state index contributed by atoms with van der Waals surface area (Å²) in [6.45, 7) is 0. The van der Waals surface area contributed by atoms with Crippen LogP contribution < -0.4 is 0 Å². The zero-order chi connectivity index (χ0) is 9.10. The molecule has 0 atom stereocenters. The minimum absolute atomic E-state index is 0.802. The van der Waals surface area contributed by atoms with Gasteiger partial charge in [-0.1, -0.05) is 12.1 Å². The maximum Gasteiger partial charge on any atom is 0.152 e. The lowest BCUT2D eigenvalue weighted by Crippen LogP contribution is -1.77. The van der Waals surface area contributed by atoms with Gasteiger partial charge in [0.15, 0.2) is 6.07 Å². The Morgan fingerprint density at radius 2 is 2.31 bits per heavy atom. The number of fused-ring (bicyclic) bond motifs is 1. The predicted molar refractivity (Wildman–Crippen MR) is 48.6 cm³/mol. The van der Waals surface area contributed by atoms with Gasteiger partial charge in [-0.05, 0) is 12.0 Å². The van der Waals surface area contributed by atoms with Crippen LogP contribution >= 0.6 is 0 Å². The molecule has 2 aromatic rings.